The van der Waals surface area contributed by atoms with Crippen LogP contribution in [0, 0.1) is 5.92 Å². The standard InChI is InChI=1S/C11H14N2O/c14-11-3-1-2-10-9-4-8(5-12-6-9)7-13(10)11/h1-3,8-9,12H,4-7H2/t8-,9+/m0/s1/i2T,3T. The number of hydrogen-bond donors (Lipinski definition) is 1. The summed E-state index contributed by atoms with van der Waals surface area (Å²) < 4.78 is 17.1. The van der Waals surface area contributed by atoms with Gasteiger partial charge in [0.2, 0.25) is 0 Å². The zero-order chi connectivity index (χ0) is 11.3. The van der Waals surface area contributed by atoms with Gasteiger partial charge in [-0.2, -0.15) is 0 Å². The molecule has 1 aromatic heterocycles. The summed E-state index contributed by atoms with van der Waals surface area (Å²) in [4.78, 5) is 11.9. The molecule has 0 aromatic carbocycles. The minimum atomic E-state index is -0.234. The Hall–Kier alpha value is -1.09. The van der Waals surface area contributed by atoms with E-state index in [-0.39, 0.29) is 17.5 Å². The van der Waals surface area contributed by atoms with Crippen molar-refractivity contribution in [3.8, 4) is 0 Å². The second-order valence-corrected chi connectivity index (χ2v) is 4.19. The molecule has 2 aliphatic heterocycles. The highest BCUT2D eigenvalue weighted by atomic mass is 16.1. The van der Waals surface area contributed by atoms with Gasteiger partial charge in [0.1, 0.15) is 0 Å². The van der Waals surface area contributed by atoms with E-state index in [0.717, 1.165) is 25.2 Å². The summed E-state index contributed by atoms with van der Waals surface area (Å²) in [5, 5.41) is 3.34. The van der Waals surface area contributed by atoms with Crippen molar-refractivity contribution in [2.75, 3.05) is 13.1 Å². The maximum Gasteiger partial charge on any atom is 0.250 e. The number of nitrogens with zero attached hydrogens (tertiary/aromatic N) is 1. The molecule has 2 aliphatic rings. The normalized spacial score (nSPS) is 31.7. The maximum atomic E-state index is 11.9. The van der Waals surface area contributed by atoms with Crippen LogP contribution in [-0.2, 0) is 6.54 Å². The van der Waals surface area contributed by atoms with Gasteiger partial charge in [-0.1, -0.05) is 6.07 Å². The molecule has 1 N–H and O–H groups in total. The first kappa shape index (κ1) is 6.40. The lowest BCUT2D eigenvalue weighted by molar-refractivity contribution is 0.257. The number of pyridine rings is 1. The van der Waals surface area contributed by atoms with Crippen LogP contribution in [0.1, 0.15) is 20.8 Å². The van der Waals surface area contributed by atoms with Gasteiger partial charge in [-0.05, 0) is 24.9 Å². The van der Waals surface area contributed by atoms with Crippen molar-refractivity contribution in [1.82, 2.24) is 9.88 Å². The van der Waals surface area contributed by atoms with Gasteiger partial charge in [-0.15, -0.1) is 0 Å². The van der Waals surface area contributed by atoms with Crippen molar-refractivity contribution in [2.45, 2.75) is 18.9 Å². The Morgan fingerprint density at radius 2 is 2.43 bits per heavy atom. The smallest absolute Gasteiger partial charge is 0.250 e. The molecular formula is C11H14N2O. The molecule has 3 heteroatoms. The minimum Gasteiger partial charge on any atom is -0.316 e. The van der Waals surface area contributed by atoms with Crippen molar-refractivity contribution in [1.29, 1.82) is 0 Å². The molecule has 74 valence electrons. The zero-order valence-corrected chi connectivity index (χ0v) is 7.92. The van der Waals surface area contributed by atoms with Gasteiger partial charge >= 0.3 is 0 Å². The first-order valence-electron chi connectivity index (χ1n) is 6.08. The molecule has 3 rings (SSSR count). The van der Waals surface area contributed by atoms with E-state index < -0.39 is 0 Å². The Bertz CT molecular complexity index is 497. The second-order valence-electron chi connectivity index (χ2n) is 4.19. The fourth-order valence-corrected chi connectivity index (χ4v) is 2.59. The Balaban J connectivity index is 2.23. The summed E-state index contributed by atoms with van der Waals surface area (Å²) in [5.41, 5.74) is 0.590. The number of aromatic nitrogens is 1. The van der Waals surface area contributed by atoms with E-state index in [1.54, 1.807) is 4.57 Å². The molecular weight excluding hydrogens is 176 g/mol. The average molecular weight is 194 g/mol. The van der Waals surface area contributed by atoms with Crippen LogP contribution in [0.4, 0.5) is 0 Å². The monoisotopic (exact) mass is 194 g/mol. The zero-order valence-electron chi connectivity index (χ0n) is 9.92. The van der Waals surface area contributed by atoms with E-state index in [0.29, 0.717) is 18.5 Å². The third-order valence-corrected chi connectivity index (χ3v) is 3.22. The molecule has 1 aromatic rings. The van der Waals surface area contributed by atoms with Gasteiger partial charge in [0.25, 0.3) is 5.56 Å². The van der Waals surface area contributed by atoms with Gasteiger partial charge in [-0.3, -0.25) is 4.79 Å². The Kier molecular flexibility index (Phi) is 1.35. The molecule has 0 unspecified atom stereocenters. The molecule has 2 atom stereocenters. The molecule has 0 amide bonds. The summed E-state index contributed by atoms with van der Waals surface area (Å²) in [6, 6.07) is 1.67. The predicted molar refractivity (Wildman–Crippen MR) is 54.4 cm³/mol. The van der Waals surface area contributed by atoms with E-state index in [2.05, 4.69) is 5.32 Å². The molecule has 3 nitrogen and oxygen atoms in total. The van der Waals surface area contributed by atoms with Crippen molar-refractivity contribution >= 4 is 0 Å². The van der Waals surface area contributed by atoms with Crippen LogP contribution in [0.2, 0.25) is 0 Å². The van der Waals surface area contributed by atoms with Crippen molar-refractivity contribution < 1.29 is 2.74 Å². The number of nitrogens with one attached hydrogen (secondary N) is 1. The van der Waals surface area contributed by atoms with E-state index in [9.17, 15) is 4.79 Å². The highest BCUT2D eigenvalue weighted by molar-refractivity contribution is 5.16. The lowest BCUT2D eigenvalue weighted by atomic mass is 9.84. The summed E-state index contributed by atoms with van der Waals surface area (Å²) in [6.07, 6.45) is 1.07. The number of piperidine rings is 1. The summed E-state index contributed by atoms with van der Waals surface area (Å²) in [6.45, 7) is 2.45. The van der Waals surface area contributed by atoms with Gasteiger partial charge in [0.15, 0.2) is 0 Å². The number of rotatable bonds is 0. The summed E-state index contributed by atoms with van der Waals surface area (Å²) >= 11 is 0. The average Bonchev–Trinajstić information content (AvgIpc) is 2.25. The number of fused-ring (bicyclic) bond motifs is 4. The highest BCUT2D eigenvalue weighted by Crippen LogP contribution is 2.31. The van der Waals surface area contributed by atoms with E-state index in [1.807, 2.05) is 0 Å². The van der Waals surface area contributed by atoms with Crippen molar-refractivity contribution in [3.05, 3.63) is 34.2 Å². The maximum absolute atomic E-state index is 11.9. The third kappa shape index (κ3) is 1.12. The van der Waals surface area contributed by atoms with Gasteiger partial charge < -0.3 is 9.88 Å². The van der Waals surface area contributed by atoms with E-state index in [1.165, 1.54) is 6.07 Å². The lowest BCUT2D eigenvalue weighted by Gasteiger charge is -2.37. The van der Waals surface area contributed by atoms with Gasteiger partial charge in [0.05, 0.1) is 2.74 Å². The molecule has 0 radical (unpaired) electrons. The predicted octanol–water partition coefficient (Wildman–Crippen LogP) is 0.555. The fraction of sp³-hybridized carbons (Fsp3) is 0.545. The lowest BCUT2D eigenvalue weighted by Crippen LogP contribution is -2.44. The van der Waals surface area contributed by atoms with Crippen molar-refractivity contribution in [2.24, 2.45) is 5.92 Å². The van der Waals surface area contributed by atoms with E-state index >= 15 is 0 Å². The summed E-state index contributed by atoms with van der Waals surface area (Å²) in [5.74, 6) is 0.749. The van der Waals surface area contributed by atoms with Gasteiger partial charge in [0, 0.05) is 30.7 Å². The molecule has 3 heterocycles. The SMILES string of the molecule is [3H]c1cc([3H])c(=O)n2c1[C@H]1CNC[C@H](C1)C2. The first-order chi connectivity index (χ1) is 7.66. The fourth-order valence-electron chi connectivity index (χ4n) is 2.59. The molecule has 0 spiro atoms. The van der Waals surface area contributed by atoms with Crippen LogP contribution in [0.25, 0.3) is 0 Å². The van der Waals surface area contributed by atoms with Crippen LogP contribution in [-0.4, -0.2) is 17.7 Å². The Morgan fingerprint density at radius 1 is 1.50 bits per heavy atom. The molecule has 1 fully saturated rings. The Labute approximate surface area is 85.6 Å². The molecule has 0 saturated carbocycles. The van der Waals surface area contributed by atoms with Crippen LogP contribution in [0.3, 0.4) is 0 Å². The van der Waals surface area contributed by atoms with Crippen LogP contribution in [0.5, 0.6) is 0 Å². The first-order valence-corrected chi connectivity index (χ1v) is 5.08. The number of hydrogen-bond acceptors (Lipinski definition) is 2. The van der Waals surface area contributed by atoms with Gasteiger partial charge in [-0.25, -0.2) is 0 Å². The second kappa shape index (κ2) is 2.95. The van der Waals surface area contributed by atoms with Crippen LogP contribution >= 0.6 is 0 Å². The van der Waals surface area contributed by atoms with E-state index in [4.69, 9.17) is 2.74 Å². The van der Waals surface area contributed by atoms with Crippen molar-refractivity contribution in [3.63, 3.8) is 0 Å². The molecule has 1 saturated heterocycles. The quantitative estimate of drug-likeness (QED) is 0.654. The Morgan fingerprint density at radius 3 is 3.36 bits per heavy atom. The van der Waals surface area contributed by atoms with Crippen LogP contribution < -0.4 is 10.9 Å². The topological polar surface area (TPSA) is 34.0 Å². The third-order valence-electron chi connectivity index (χ3n) is 3.22. The molecule has 2 bridgehead atoms. The summed E-state index contributed by atoms with van der Waals surface area (Å²) in [7, 11) is 0. The molecule has 14 heavy (non-hydrogen) atoms. The van der Waals surface area contributed by atoms with Crippen LogP contribution in [0.15, 0.2) is 22.9 Å². The minimum absolute atomic E-state index is 0.0540. The molecule has 0 aliphatic carbocycles. The highest BCUT2D eigenvalue weighted by Gasteiger charge is 2.30. The largest absolute Gasteiger partial charge is 0.316 e.